The van der Waals surface area contributed by atoms with Crippen molar-refractivity contribution < 1.29 is 19.1 Å². The third-order valence-corrected chi connectivity index (χ3v) is 4.47. The third kappa shape index (κ3) is 4.51. The minimum Gasteiger partial charge on any atom is -0.495 e. The number of nitrogens with one attached hydrogen (secondary N) is 1. The number of nitrogens with zero attached hydrogens (tertiary/aromatic N) is 3. The van der Waals surface area contributed by atoms with Crippen LogP contribution in [-0.2, 0) is 4.74 Å². The van der Waals surface area contributed by atoms with Crippen molar-refractivity contribution in [3.63, 3.8) is 0 Å². The second kappa shape index (κ2) is 9.07. The minimum absolute atomic E-state index is 0.0889. The largest absolute Gasteiger partial charge is 0.495 e. The van der Waals surface area contributed by atoms with Crippen LogP contribution in [0.2, 0.25) is 0 Å². The van der Waals surface area contributed by atoms with E-state index in [1.807, 2.05) is 24.3 Å². The molecule has 8 nitrogen and oxygen atoms in total. The number of aromatic nitrogens is 1. The molecular formula is C20H24N4O4. The van der Waals surface area contributed by atoms with Crippen molar-refractivity contribution in [1.82, 2.24) is 14.8 Å². The number of hydrogen-bond donors (Lipinski definition) is 1. The number of carbonyl (C=O) groups is 2. The number of amides is 2. The minimum atomic E-state index is -0.332. The highest BCUT2D eigenvalue weighted by Crippen LogP contribution is 2.26. The first-order valence-electron chi connectivity index (χ1n) is 9.19. The second-order valence-electron chi connectivity index (χ2n) is 6.23. The summed E-state index contributed by atoms with van der Waals surface area (Å²) >= 11 is 0. The zero-order chi connectivity index (χ0) is 19.9. The summed E-state index contributed by atoms with van der Waals surface area (Å²) in [5.41, 5.74) is 1.31. The van der Waals surface area contributed by atoms with Gasteiger partial charge in [-0.1, -0.05) is 12.1 Å². The van der Waals surface area contributed by atoms with Gasteiger partial charge in [-0.05, 0) is 31.2 Å². The Bertz CT molecular complexity index is 834. The van der Waals surface area contributed by atoms with Crippen LogP contribution in [0.4, 0.5) is 16.3 Å². The van der Waals surface area contributed by atoms with Crippen molar-refractivity contribution in [3.05, 3.63) is 48.2 Å². The quantitative estimate of drug-likeness (QED) is 0.853. The number of piperazine rings is 1. The molecule has 28 heavy (non-hydrogen) atoms. The summed E-state index contributed by atoms with van der Waals surface area (Å²) in [6.45, 7) is 3.98. The molecule has 1 aliphatic rings. The van der Waals surface area contributed by atoms with Gasteiger partial charge in [-0.25, -0.2) is 9.78 Å². The van der Waals surface area contributed by atoms with Crippen LogP contribution in [0, 0.1) is 0 Å². The first-order chi connectivity index (χ1) is 13.6. The maximum absolute atomic E-state index is 12.8. The fourth-order valence-corrected chi connectivity index (χ4v) is 3.01. The summed E-state index contributed by atoms with van der Waals surface area (Å²) in [5.74, 6) is 1.16. The number of pyridine rings is 1. The number of methoxy groups -OCH3 is 1. The Kier molecular flexibility index (Phi) is 6.31. The van der Waals surface area contributed by atoms with Crippen LogP contribution in [0.3, 0.4) is 0 Å². The lowest BCUT2D eigenvalue weighted by molar-refractivity contribution is 0.0570. The molecule has 2 heterocycles. The maximum atomic E-state index is 12.8. The number of benzene rings is 1. The van der Waals surface area contributed by atoms with E-state index in [1.54, 1.807) is 42.2 Å². The second-order valence-corrected chi connectivity index (χ2v) is 6.23. The molecule has 2 amide bonds. The van der Waals surface area contributed by atoms with Crippen LogP contribution in [0.5, 0.6) is 5.75 Å². The number of carbonyl (C=O) groups excluding carboxylic acids is 2. The van der Waals surface area contributed by atoms with E-state index < -0.39 is 0 Å². The summed E-state index contributed by atoms with van der Waals surface area (Å²) in [4.78, 5) is 32.3. The molecule has 1 saturated heterocycles. The number of para-hydroxylation sites is 2. The van der Waals surface area contributed by atoms with E-state index in [2.05, 4.69) is 10.3 Å². The van der Waals surface area contributed by atoms with Crippen molar-refractivity contribution in [2.24, 2.45) is 0 Å². The smallest absolute Gasteiger partial charge is 0.409 e. The van der Waals surface area contributed by atoms with Gasteiger partial charge in [0.25, 0.3) is 5.91 Å². The monoisotopic (exact) mass is 384 g/mol. The lowest BCUT2D eigenvalue weighted by atomic mass is 10.2. The van der Waals surface area contributed by atoms with Gasteiger partial charge in [0.05, 0.1) is 19.4 Å². The molecule has 8 heteroatoms. The predicted octanol–water partition coefficient (Wildman–Crippen LogP) is 2.75. The molecule has 1 aliphatic heterocycles. The lowest BCUT2D eigenvalue weighted by Crippen LogP contribution is -2.50. The van der Waals surface area contributed by atoms with Gasteiger partial charge in [-0.15, -0.1) is 0 Å². The summed E-state index contributed by atoms with van der Waals surface area (Å²) < 4.78 is 10.3. The molecule has 1 N–H and O–H groups in total. The predicted molar refractivity (Wildman–Crippen MR) is 105 cm³/mol. The van der Waals surface area contributed by atoms with Crippen LogP contribution >= 0.6 is 0 Å². The summed E-state index contributed by atoms with van der Waals surface area (Å²) in [6.07, 6.45) is 1.27. The third-order valence-electron chi connectivity index (χ3n) is 4.47. The van der Waals surface area contributed by atoms with Gasteiger partial charge < -0.3 is 24.6 Å². The Balaban J connectivity index is 1.65. The van der Waals surface area contributed by atoms with Gasteiger partial charge >= 0.3 is 6.09 Å². The Labute approximate surface area is 164 Å². The van der Waals surface area contributed by atoms with Gasteiger partial charge in [-0.2, -0.15) is 0 Å². The SMILES string of the molecule is CCOC(=O)N1CCN(C(=O)c2ccnc(Nc3ccccc3OC)c2)CC1. The lowest BCUT2D eigenvalue weighted by Gasteiger charge is -2.34. The van der Waals surface area contributed by atoms with E-state index >= 15 is 0 Å². The molecular weight excluding hydrogens is 360 g/mol. The van der Waals surface area contributed by atoms with E-state index in [-0.39, 0.29) is 12.0 Å². The fraction of sp³-hybridized carbons (Fsp3) is 0.350. The van der Waals surface area contributed by atoms with E-state index in [0.717, 1.165) is 5.69 Å². The molecule has 0 aliphatic carbocycles. The summed E-state index contributed by atoms with van der Waals surface area (Å²) in [7, 11) is 1.60. The molecule has 0 unspecified atom stereocenters. The molecule has 0 saturated carbocycles. The number of rotatable bonds is 5. The van der Waals surface area contributed by atoms with Crippen LogP contribution in [0.25, 0.3) is 0 Å². The van der Waals surface area contributed by atoms with Crippen LogP contribution in [0.15, 0.2) is 42.6 Å². The molecule has 1 aromatic carbocycles. The number of ether oxygens (including phenoxy) is 2. The van der Waals surface area contributed by atoms with Crippen LogP contribution in [0.1, 0.15) is 17.3 Å². The normalized spacial score (nSPS) is 13.8. The molecule has 2 aromatic rings. The summed E-state index contributed by atoms with van der Waals surface area (Å²) in [5, 5.41) is 3.18. The van der Waals surface area contributed by atoms with Crippen LogP contribution < -0.4 is 10.1 Å². The highest BCUT2D eigenvalue weighted by Gasteiger charge is 2.25. The molecule has 1 fully saturated rings. The van der Waals surface area contributed by atoms with E-state index in [1.165, 1.54) is 0 Å². The van der Waals surface area contributed by atoms with Gasteiger partial charge in [0.15, 0.2) is 0 Å². The van der Waals surface area contributed by atoms with E-state index in [4.69, 9.17) is 9.47 Å². The first-order valence-corrected chi connectivity index (χ1v) is 9.19. The van der Waals surface area contributed by atoms with Gasteiger partial charge in [0, 0.05) is 37.9 Å². The molecule has 0 bridgehead atoms. The van der Waals surface area contributed by atoms with Crippen molar-refractivity contribution in [2.75, 3.05) is 45.2 Å². The highest BCUT2D eigenvalue weighted by molar-refractivity contribution is 5.95. The fourth-order valence-electron chi connectivity index (χ4n) is 3.01. The topological polar surface area (TPSA) is 84.0 Å². The zero-order valence-corrected chi connectivity index (χ0v) is 16.1. The van der Waals surface area contributed by atoms with Crippen molar-refractivity contribution >= 4 is 23.5 Å². The van der Waals surface area contributed by atoms with E-state index in [0.29, 0.717) is 49.9 Å². The van der Waals surface area contributed by atoms with Gasteiger partial charge in [0.1, 0.15) is 11.6 Å². The molecule has 148 valence electrons. The molecule has 0 atom stereocenters. The van der Waals surface area contributed by atoms with Gasteiger partial charge in [-0.3, -0.25) is 4.79 Å². The van der Waals surface area contributed by atoms with Crippen molar-refractivity contribution in [2.45, 2.75) is 6.92 Å². The van der Waals surface area contributed by atoms with E-state index in [9.17, 15) is 9.59 Å². The Morgan fingerprint density at radius 1 is 1.11 bits per heavy atom. The maximum Gasteiger partial charge on any atom is 0.409 e. The highest BCUT2D eigenvalue weighted by atomic mass is 16.6. The molecule has 3 rings (SSSR count). The average molecular weight is 384 g/mol. The molecule has 1 aromatic heterocycles. The molecule has 0 radical (unpaired) electrons. The Morgan fingerprint density at radius 3 is 2.54 bits per heavy atom. The number of anilines is 2. The Morgan fingerprint density at radius 2 is 1.82 bits per heavy atom. The Hall–Kier alpha value is -3.29. The number of hydrogen-bond acceptors (Lipinski definition) is 6. The molecule has 0 spiro atoms. The van der Waals surface area contributed by atoms with Crippen molar-refractivity contribution in [1.29, 1.82) is 0 Å². The van der Waals surface area contributed by atoms with Crippen LogP contribution in [-0.4, -0.2) is 66.7 Å². The average Bonchev–Trinajstić information content (AvgIpc) is 2.74. The van der Waals surface area contributed by atoms with Gasteiger partial charge in [0.2, 0.25) is 0 Å². The summed E-state index contributed by atoms with van der Waals surface area (Å²) in [6, 6.07) is 10.9. The zero-order valence-electron chi connectivity index (χ0n) is 16.1. The van der Waals surface area contributed by atoms with Crippen molar-refractivity contribution in [3.8, 4) is 5.75 Å². The first kappa shape index (κ1) is 19.5. The standard InChI is InChI=1S/C20H24N4O4/c1-3-28-20(26)24-12-10-23(11-13-24)19(25)15-8-9-21-18(14-15)22-16-6-4-5-7-17(16)27-2/h4-9,14H,3,10-13H2,1-2H3,(H,21,22).